The van der Waals surface area contributed by atoms with Gasteiger partial charge in [-0.25, -0.2) is 0 Å². The number of hydrogen-bond acceptors (Lipinski definition) is 5. The molecule has 0 saturated heterocycles. The SMILES string of the molecule is NCCNC(=O)c1occc(=O)c1OCc1ccccc1. The Labute approximate surface area is 121 Å². The fraction of sp³-hybridized carbons (Fsp3) is 0.200. The van der Waals surface area contributed by atoms with Crippen LogP contribution in [0.4, 0.5) is 0 Å². The van der Waals surface area contributed by atoms with Gasteiger partial charge in [0.25, 0.3) is 5.91 Å². The zero-order chi connectivity index (χ0) is 15.1. The molecule has 0 atom stereocenters. The molecular weight excluding hydrogens is 272 g/mol. The Bertz CT molecular complexity index is 652. The van der Waals surface area contributed by atoms with Crippen LogP contribution >= 0.6 is 0 Å². The van der Waals surface area contributed by atoms with Crippen LogP contribution in [0.25, 0.3) is 0 Å². The average molecular weight is 288 g/mol. The normalized spacial score (nSPS) is 10.1. The van der Waals surface area contributed by atoms with Gasteiger partial charge in [0.05, 0.1) is 6.26 Å². The monoisotopic (exact) mass is 288 g/mol. The van der Waals surface area contributed by atoms with Crippen LogP contribution in [-0.4, -0.2) is 19.0 Å². The lowest BCUT2D eigenvalue weighted by Crippen LogP contribution is -2.30. The van der Waals surface area contributed by atoms with E-state index in [1.807, 2.05) is 30.3 Å². The Balaban J connectivity index is 2.18. The summed E-state index contributed by atoms with van der Waals surface area (Å²) >= 11 is 0. The Morgan fingerprint density at radius 2 is 2.00 bits per heavy atom. The molecule has 1 heterocycles. The van der Waals surface area contributed by atoms with Crippen LogP contribution in [0.3, 0.4) is 0 Å². The maximum Gasteiger partial charge on any atom is 0.291 e. The Morgan fingerprint density at radius 3 is 2.71 bits per heavy atom. The number of nitrogens with one attached hydrogen (secondary N) is 1. The van der Waals surface area contributed by atoms with Crippen molar-refractivity contribution in [3.63, 3.8) is 0 Å². The van der Waals surface area contributed by atoms with Gasteiger partial charge in [-0.3, -0.25) is 9.59 Å². The van der Waals surface area contributed by atoms with Crippen molar-refractivity contribution in [2.24, 2.45) is 5.73 Å². The largest absolute Gasteiger partial charge is 0.481 e. The first-order chi connectivity index (χ1) is 10.2. The minimum atomic E-state index is -0.527. The van der Waals surface area contributed by atoms with E-state index in [1.165, 1.54) is 6.07 Å². The molecule has 0 saturated carbocycles. The molecule has 1 aromatic carbocycles. The summed E-state index contributed by atoms with van der Waals surface area (Å²) < 4.78 is 10.6. The lowest BCUT2D eigenvalue weighted by molar-refractivity contribution is 0.0916. The number of hydrogen-bond donors (Lipinski definition) is 2. The second kappa shape index (κ2) is 7.25. The summed E-state index contributed by atoms with van der Waals surface area (Å²) in [7, 11) is 0. The van der Waals surface area contributed by atoms with Crippen molar-refractivity contribution >= 4 is 5.91 Å². The van der Waals surface area contributed by atoms with Crippen LogP contribution in [0.1, 0.15) is 16.1 Å². The second-order valence-corrected chi connectivity index (χ2v) is 4.26. The van der Waals surface area contributed by atoms with E-state index in [-0.39, 0.29) is 24.7 Å². The van der Waals surface area contributed by atoms with E-state index in [1.54, 1.807) is 0 Å². The number of benzene rings is 1. The number of ether oxygens (including phenoxy) is 1. The van der Waals surface area contributed by atoms with E-state index in [9.17, 15) is 9.59 Å². The van der Waals surface area contributed by atoms with Crippen LogP contribution < -0.4 is 21.2 Å². The van der Waals surface area contributed by atoms with Gasteiger partial charge in [0.1, 0.15) is 6.61 Å². The molecule has 6 nitrogen and oxygen atoms in total. The molecule has 1 aromatic heterocycles. The second-order valence-electron chi connectivity index (χ2n) is 4.26. The zero-order valence-electron chi connectivity index (χ0n) is 11.4. The highest BCUT2D eigenvalue weighted by atomic mass is 16.5. The fourth-order valence-electron chi connectivity index (χ4n) is 1.69. The smallest absolute Gasteiger partial charge is 0.291 e. The van der Waals surface area contributed by atoms with E-state index < -0.39 is 11.3 Å². The molecule has 0 unspecified atom stereocenters. The van der Waals surface area contributed by atoms with E-state index in [4.69, 9.17) is 14.9 Å². The van der Waals surface area contributed by atoms with Crippen molar-refractivity contribution in [3.05, 3.63) is 64.2 Å². The topological polar surface area (TPSA) is 94.6 Å². The van der Waals surface area contributed by atoms with Crippen molar-refractivity contribution in [3.8, 4) is 5.75 Å². The number of rotatable bonds is 6. The van der Waals surface area contributed by atoms with Crippen LogP contribution in [0.2, 0.25) is 0 Å². The molecule has 110 valence electrons. The van der Waals surface area contributed by atoms with Gasteiger partial charge in [0, 0.05) is 19.2 Å². The molecule has 2 rings (SSSR count). The van der Waals surface area contributed by atoms with Crippen molar-refractivity contribution in [2.75, 3.05) is 13.1 Å². The third-order valence-electron chi connectivity index (χ3n) is 2.70. The number of carbonyl (C=O) groups is 1. The van der Waals surface area contributed by atoms with Gasteiger partial charge in [-0.05, 0) is 5.56 Å². The summed E-state index contributed by atoms with van der Waals surface area (Å²) in [6, 6.07) is 10.5. The maximum atomic E-state index is 11.9. The summed E-state index contributed by atoms with van der Waals surface area (Å²) in [5, 5.41) is 2.54. The van der Waals surface area contributed by atoms with Gasteiger partial charge in [-0.1, -0.05) is 30.3 Å². The molecule has 0 aliphatic heterocycles. The highest BCUT2D eigenvalue weighted by molar-refractivity contribution is 5.93. The molecule has 0 radical (unpaired) electrons. The predicted octanol–water partition coefficient (Wildman–Crippen LogP) is 0.907. The molecule has 21 heavy (non-hydrogen) atoms. The minimum absolute atomic E-state index is 0.101. The van der Waals surface area contributed by atoms with Crippen LogP contribution in [0.15, 0.2) is 51.9 Å². The first kappa shape index (κ1) is 14.8. The fourth-order valence-corrected chi connectivity index (χ4v) is 1.69. The molecule has 0 spiro atoms. The summed E-state index contributed by atoms with van der Waals surface area (Å²) in [6.07, 6.45) is 1.16. The number of amides is 1. The van der Waals surface area contributed by atoms with Crippen LogP contribution in [-0.2, 0) is 6.61 Å². The minimum Gasteiger partial charge on any atom is -0.481 e. The zero-order valence-corrected chi connectivity index (χ0v) is 11.4. The third kappa shape index (κ3) is 3.93. The van der Waals surface area contributed by atoms with Crippen molar-refractivity contribution in [2.45, 2.75) is 6.61 Å². The molecule has 2 aromatic rings. The Morgan fingerprint density at radius 1 is 1.24 bits per heavy atom. The maximum absolute atomic E-state index is 11.9. The van der Waals surface area contributed by atoms with Gasteiger partial charge < -0.3 is 20.2 Å². The van der Waals surface area contributed by atoms with E-state index in [0.29, 0.717) is 6.54 Å². The van der Waals surface area contributed by atoms with E-state index in [0.717, 1.165) is 11.8 Å². The molecule has 0 bridgehead atoms. The van der Waals surface area contributed by atoms with E-state index >= 15 is 0 Å². The van der Waals surface area contributed by atoms with Gasteiger partial charge in [-0.15, -0.1) is 0 Å². The summed E-state index contributed by atoms with van der Waals surface area (Å²) in [4.78, 5) is 23.8. The first-order valence-electron chi connectivity index (χ1n) is 6.49. The number of nitrogens with two attached hydrogens (primary N) is 1. The molecule has 0 aliphatic carbocycles. The lowest BCUT2D eigenvalue weighted by Gasteiger charge is -2.09. The Hall–Kier alpha value is -2.60. The van der Waals surface area contributed by atoms with Crippen LogP contribution in [0, 0.1) is 0 Å². The quantitative estimate of drug-likeness (QED) is 0.823. The highest BCUT2D eigenvalue weighted by Gasteiger charge is 2.18. The van der Waals surface area contributed by atoms with Crippen LogP contribution in [0.5, 0.6) is 5.75 Å². The van der Waals surface area contributed by atoms with Gasteiger partial charge >= 0.3 is 0 Å². The first-order valence-corrected chi connectivity index (χ1v) is 6.49. The molecular formula is C15H16N2O4. The summed E-state index contributed by atoms with van der Waals surface area (Å²) in [5.41, 5.74) is 5.80. The molecule has 0 fully saturated rings. The van der Waals surface area contributed by atoms with Crippen molar-refractivity contribution in [1.29, 1.82) is 0 Å². The summed E-state index contributed by atoms with van der Waals surface area (Å²) in [5.74, 6) is -0.774. The molecule has 0 aliphatic rings. The summed E-state index contributed by atoms with van der Waals surface area (Å²) in [6.45, 7) is 0.755. The Kier molecular flexibility index (Phi) is 5.11. The molecule has 6 heteroatoms. The molecule has 3 N–H and O–H groups in total. The molecule has 1 amide bonds. The highest BCUT2D eigenvalue weighted by Crippen LogP contribution is 2.14. The number of carbonyl (C=O) groups excluding carboxylic acids is 1. The predicted molar refractivity (Wildman–Crippen MR) is 77.1 cm³/mol. The standard InChI is InChI=1S/C15H16N2O4/c16-7-8-17-15(19)14-13(12(18)6-9-20-14)21-10-11-4-2-1-3-5-11/h1-6,9H,7-8,10,16H2,(H,17,19). The average Bonchev–Trinajstić information content (AvgIpc) is 2.52. The van der Waals surface area contributed by atoms with Gasteiger partial charge in [0.15, 0.2) is 0 Å². The van der Waals surface area contributed by atoms with Gasteiger partial charge in [0.2, 0.25) is 16.9 Å². The van der Waals surface area contributed by atoms with Gasteiger partial charge in [-0.2, -0.15) is 0 Å². The van der Waals surface area contributed by atoms with Crippen molar-refractivity contribution < 1.29 is 13.9 Å². The third-order valence-corrected chi connectivity index (χ3v) is 2.70. The van der Waals surface area contributed by atoms with Crippen molar-refractivity contribution in [1.82, 2.24) is 5.32 Å². The van der Waals surface area contributed by atoms with E-state index in [2.05, 4.69) is 5.32 Å². The lowest BCUT2D eigenvalue weighted by atomic mass is 10.2.